The van der Waals surface area contributed by atoms with Crippen LogP contribution < -0.4 is 5.73 Å². The minimum Gasteiger partial charge on any atom is -0.383 e. The molecular weight excluding hydrogens is 244 g/mol. The van der Waals surface area contributed by atoms with Crippen molar-refractivity contribution in [1.29, 1.82) is 0 Å². The van der Waals surface area contributed by atoms with Gasteiger partial charge >= 0.3 is 0 Å². The number of aryl methyl sites for hydroxylation is 1. The molecule has 0 atom stereocenters. The van der Waals surface area contributed by atoms with Crippen LogP contribution in [0.1, 0.15) is 18.2 Å². The number of nitro benzene ring substituents is 1. The third-order valence-electron chi connectivity index (χ3n) is 2.93. The molecule has 2 aromatic rings. The van der Waals surface area contributed by atoms with E-state index in [9.17, 15) is 10.1 Å². The summed E-state index contributed by atoms with van der Waals surface area (Å²) in [5.74, 6) is 0.831. The molecule has 0 spiro atoms. The Morgan fingerprint density at radius 3 is 2.74 bits per heavy atom. The lowest BCUT2D eigenvalue weighted by molar-refractivity contribution is -0.384. The van der Waals surface area contributed by atoms with Crippen LogP contribution in [0.3, 0.4) is 0 Å². The zero-order valence-electron chi connectivity index (χ0n) is 10.8. The average Bonchev–Trinajstić information content (AvgIpc) is 2.41. The van der Waals surface area contributed by atoms with Crippen LogP contribution in [0.2, 0.25) is 0 Å². The van der Waals surface area contributed by atoms with Crippen LogP contribution in [0.25, 0.3) is 11.4 Å². The van der Waals surface area contributed by atoms with Crippen molar-refractivity contribution >= 4 is 11.5 Å². The summed E-state index contributed by atoms with van der Waals surface area (Å²) in [5.41, 5.74) is 8.17. The van der Waals surface area contributed by atoms with Gasteiger partial charge in [-0.3, -0.25) is 10.1 Å². The van der Waals surface area contributed by atoms with Crippen molar-refractivity contribution in [2.75, 3.05) is 5.73 Å². The normalized spacial score (nSPS) is 10.4. The molecule has 98 valence electrons. The largest absolute Gasteiger partial charge is 0.383 e. The predicted octanol–water partition coefficient (Wildman–Crippen LogP) is 2.50. The Morgan fingerprint density at radius 2 is 2.11 bits per heavy atom. The Morgan fingerprint density at radius 1 is 1.37 bits per heavy atom. The number of benzene rings is 1. The molecule has 0 aliphatic rings. The first-order chi connectivity index (χ1) is 9.02. The summed E-state index contributed by atoms with van der Waals surface area (Å²) in [6.07, 6.45) is 0.737. The molecular formula is C13H14N4O2. The second-order valence-corrected chi connectivity index (χ2v) is 4.17. The molecule has 1 aromatic carbocycles. The van der Waals surface area contributed by atoms with Crippen molar-refractivity contribution in [3.8, 4) is 11.4 Å². The molecule has 1 aromatic heterocycles. The third kappa shape index (κ3) is 2.52. The number of rotatable bonds is 3. The molecule has 2 rings (SSSR count). The van der Waals surface area contributed by atoms with Gasteiger partial charge in [-0.15, -0.1) is 0 Å². The van der Waals surface area contributed by atoms with Gasteiger partial charge in [-0.25, -0.2) is 9.97 Å². The number of nitro groups is 1. The number of nitrogens with zero attached hydrogens (tertiary/aromatic N) is 3. The smallest absolute Gasteiger partial charge is 0.270 e. The van der Waals surface area contributed by atoms with E-state index in [1.165, 1.54) is 12.1 Å². The minimum atomic E-state index is -0.443. The van der Waals surface area contributed by atoms with Crippen molar-refractivity contribution < 1.29 is 4.92 Å². The van der Waals surface area contributed by atoms with E-state index in [4.69, 9.17) is 5.73 Å². The highest BCUT2D eigenvalue weighted by molar-refractivity contribution is 5.61. The second kappa shape index (κ2) is 5.01. The Labute approximate surface area is 110 Å². The highest BCUT2D eigenvalue weighted by atomic mass is 16.6. The summed E-state index contributed by atoms with van der Waals surface area (Å²) in [4.78, 5) is 18.9. The molecule has 2 N–H and O–H groups in total. The molecule has 0 aliphatic carbocycles. The molecule has 0 bridgehead atoms. The Balaban J connectivity index is 2.56. The van der Waals surface area contributed by atoms with E-state index < -0.39 is 4.92 Å². The monoisotopic (exact) mass is 258 g/mol. The molecule has 6 heteroatoms. The van der Waals surface area contributed by atoms with Crippen LogP contribution in [0.4, 0.5) is 11.5 Å². The fourth-order valence-electron chi connectivity index (χ4n) is 1.81. The van der Waals surface area contributed by atoms with E-state index in [-0.39, 0.29) is 5.69 Å². The zero-order valence-corrected chi connectivity index (χ0v) is 10.8. The number of nitrogens with two attached hydrogens (primary N) is 1. The molecule has 19 heavy (non-hydrogen) atoms. The van der Waals surface area contributed by atoms with Gasteiger partial charge in [-0.2, -0.15) is 0 Å². The van der Waals surface area contributed by atoms with Crippen molar-refractivity contribution in [2.45, 2.75) is 20.3 Å². The molecule has 0 unspecified atom stereocenters. The lowest BCUT2D eigenvalue weighted by Crippen LogP contribution is -2.04. The van der Waals surface area contributed by atoms with E-state index in [0.29, 0.717) is 17.2 Å². The quantitative estimate of drug-likeness (QED) is 0.674. The maximum Gasteiger partial charge on any atom is 0.270 e. The van der Waals surface area contributed by atoms with Crippen molar-refractivity contribution in [3.05, 3.63) is 45.6 Å². The van der Waals surface area contributed by atoms with Gasteiger partial charge in [0.1, 0.15) is 5.82 Å². The van der Waals surface area contributed by atoms with Gasteiger partial charge in [0.15, 0.2) is 5.82 Å². The van der Waals surface area contributed by atoms with Crippen LogP contribution in [-0.2, 0) is 6.42 Å². The Bertz CT molecular complexity index is 641. The molecule has 1 heterocycles. The zero-order chi connectivity index (χ0) is 14.0. The lowest BCUT2D eigenvalue weighted by Gasteiger charge is -2.08. The summed E-state index contributed by atoms with van der Waals surface area (Å²) in [5, 5.41) is 10.8. The van der Waals surface area contributed by atoms with Crippen LogP contribution in [0, 0.1) is 17.0 Å². The second-order valence-electron chi connectivity index (χ2n) is 4.17. The van der Waals surface area contributed by atoms with Crippen LogP contribution in [0.5, 0.6) is 0 Å². The molecule has 6 nitrogen and oxygen atoms in total. The number of hydrogen-bond acceptors (Lipinski definition) is 5. The Hall–Kier alpha value is -2.50. The molecule has 0 radical (unpaired) electrons. The van der Waals surface area contributed by atoms with Gasteiger partial charge in [0.2, 0.25) is 0 Å². The van der Waals surface area contributed by atoms with E-state index in [1.807, 2.05) is 13.8 Å². The summed E-state index contributed by atoms with van der Waals surface area (Å²) in [7, 11) is 0. The predicted molar refractivity (Wildman–Crippen MR) is 72.6 cm³/mol. The maximum atomic E-state index is 10.8. The van der Waals surface area contributed by atoms with Crippen molar-refractivity contribution in [3.63, 3.8) is 0 Å². The molecule has 0 saturated heterocycles. The third-order valence-corrected chi connectivity index (χ3v) is 2.93. The number of nitrogen functional groups attached to an aromatic ring is 1. The maximum absolute atomic E-state index is 10.8. The van der Waals surface area contributed by atoms with E-state index in [2.05, 4.69) is 9.97 Å². The van der Waals surface area contributed by atoms with Crippen LogP contribution >= 0.6 is 0 Å². The minimum absolute atomic E-state index is 0.0123. The number of non-ortho nitro benzene ring substituents is 1. The number of aromatic nitrogens is 2. The van der Waals surface area contributed by atoms with Gasteiger partial charge in [0.05, 0.1) is 4.92 Å². The highest BCUT2D eigenvalue weighted by Gasteiger charge is 2.12. The van der Waals surface area contributed by atoms with E-state index >= 15 is 0 Å². The lowest BCUT2D eigenvalue weighted by atomic mass is 10.1. The van der Waals surface area contributed by atoms with Gasteiger partial charge in [0, 0.05) is 29.0 Å². The number of hydrogen-bond donors (Lipinski definition) is 1. The fraction of sp³-hybridized carbons (Fsp3) is 0.231. The van der Waals surface area contributed by atoms with Crippen LogP contribution in [-0.4, -0.2) is 14.9 Å². The molecule has 0 amide bonds. The number of anilines is 1. The summed E-state index contributed by atoms with van der Waals surface area (Å²) in [6.45, 7) is 3.84. The van der Waals surface area contributed by atoms with Gasteiger partial charge in [-0.05, 0) is 13.3 Å². The standard InChI is InChI=1S/C13H14N4O2/c1-3-11-8(2)12(14)16-13(15-11)9-5-4-6-10(7-9)17(18)19/h4-7H,3H2,1-2H3,(H2,14,15,16). The molecule has 0 saturated carbocycles. The van der Waals surface area contributed by atoms with Gasteiger partial charge in [0.25, 0.3) is 5.69 Å². The van der Waals surface area contributed by atoms with Gasteiger partial charge in [-0.1, -0.05) is 19.1 Å². The van der Waals surface area contributed by atoms with Gasteiger partial charge < -0.3 is 5.73 Å². The summed E-state index contributed by atoms with van der Waals surface area (Å²) in [6, 6.07) is 6.22. The van der Waals surface area contributed by atoms with Crippen molar-refractivity contribution in [2.24, 2.45) is 0 Å². The SMILES string of the molecule is CCc1nc(-c2cccc([N+](=O)[O-])c2)nc(N)c1C. The summed E-state index contributed by atoms with van der Waals surface area (Å²) < 4.78 is 0. The average molecular weight is 258 g/mol. The van der Waals surface area contributed by atoms with Crippen molar-refractivity contribution in [1.82, 2.24) is 9.97 Å². The fourth-order valence-corrected chi connectivity index (χ4v) is 1.81. The molecule has 0 fully saturated rings. The Kier molecular flexibility index (Phi) is 3.41. The first-order valence-corrected chi connectivity index (χ1v) is 5.90. The molecule has 0 aliphatic heterocycles. The van der Waals surface area contributed by atoms with E-state index in [0.717, 1.165) is 17.7 Å². The summed E-state index contributed by atoms with van der Waals surface area (Å²) >= 11 is 0. The topological polar surface area (TPSA) is 94.9 Å². The van der Waals surface area contributed by atoms with E-state index in [1.54, 1.807) is 12.1 Å². The van der Waals surface area contributed by atoms with Crippen LogP contribution in [0.15, 0.2) is 24.3 Å². The highest BCUT2D eigenvalue weighted by Crippen LogP contribution is 2.23. The first kappa shape index (κ1) is 12.9. The first-order valence-electron chi connectivity index (χ1n) is 5.90.